The van der Waals surface area contributed by atoms with Crippen molar-refractivity contribution in [3.8, 4) is 0 Å². The third-order valence-corrected chi connectivity index (χ3v) is 4.39. The van der Waals surface area contributed by atoms with Crippen LogP contribution in [-0.4, -0.2) is 13.1 Å². The predicted octanol–water partition coefficient (Wildman–Crippen LogP) is 4.86. The normalized spacial score (nSPS) is 25.7. The van der Waals surface area contributed by atoms with Gasteiger partial charge < -0.3 is 5.32 Å². The maximum atomic E-state index is 3.70. The van der Waals surface area contributed by atoms with Gasteiger partial charge in [-0.2, -0.15) is 0 Å². The highest BCUT2D eigenvalue weighted by atomic mass is 14.9. The van der Waals surface area contributed by atoms with Gasteiger partial charge in [-0.1, -0.05) is 59.8 Å². The van der Waals surface area contributed by atoms with Gasteiger partial charge in [0, 0.05) is 0 Å². The van der Waals surface area contributed by atoms with Gasteiger partial charge in [0.15, 0.2) is 0 Å². The number of rotatable bonds is 7. The fourth-order valence-corrected chi connectivity index (χ4v) is 3.21. The Morgan fingerprint density at radius 1 is 0.889 bits per heavy atom. The van der Waals surface area contributed by atoms with Crippen molar-refractivity contribution in [2.45, 2.75) is 72.6 Å². The predicted molar refractivity (Wildman–Crippen MR) is 81.8 cm³/mol. The van der Waals surface area contributed by atoms with Gasteiger partial charge in [0.1, 0.15) is 0 Å². The van der Waals surface area contributed by atoms with Crippen molar-refractivity contribution in [3.05, 3.63) is 0 Å². The van der Waals surface area contributed by atoms with Crippen LogP contribution in [0.4, 0.5) is 0 Å². The lowest BCUT2D eigenvalue weighted by atomic mass is 9.83. The quantitative estimate of drug-likeness (QED) is 0.639. The van der Waals surface area contributed by atoms with Crippen LogP contribution < -0.4 is 5.32 Å². The average molecular weight is 253 g/mol. The van der Waals surface area contributed by atoms with Crippen molar-refractivity contribution in [2.75, 3.05) is 13.1 Å². The minimum Gasteiger partial charge on any atom is -0.316 e. The monoisotopic (exact) mass is 253 g/mol. The van der Waals surface area contributed by atoms with Gasteiger partial charge in [-0.05, 0) is 49.6 Å². The van der Waals surface area contributed by atoms with Crippen molar-refractivity contribution in [1.29, 1.82) is 0 Å². The molecule has 18 heavy (non-hydrogen) atoms. The number of nitrogens with one attached hydrogen (secondary N) is 1. The van der Waals surface area contributed by atoms with E-state index in [-0.39, 0.29) is 0 Å². The number of hydrogen-bond acceptors (Lipinski definition) is 1. The zero-order valence-electron chi connectivity index (χ0n) is 13.2. The summed E-state index contributed by atoms with van der Waals surface area (Å²) in [5.74, 6) is 3.60. The molecule has 0 bridgehead atoms. The zero-order chi connectivity index (χ0) is 13.4. The summed E-state index contributed by atoms with van der Waals surface area (Å²) in [5, 5.41) is 3.70. The van der Waals surface area contributed by atoms with Gasteiger partial charge in [0.2, 0.25) is 0 Å². The van der Waals surface area contributed by atoms with E-state index in [1.165, 1.54) is 58.0 Å². The maximum absolute atomic E-state index is 3.70. The lowest BCUT2D eigenvalue weighted by Crippen LogP contribution is -2.30. The molecular weight excluding hydrogens is 218 g/mol. The molecule has 0 aromatic heterocycles. The first-order chi connectivity index (χ1) is 8.59. The summed E-state index contributed by atoms with van der Waals surface area (Å²) in [4.78, 5) is 0. The summed E-state index contributed by atoms with van der Waals surface area (Å²) in [7, 11) is 0. The Labute approximate surface area is 115 Å². The van der Waals surface area contributed by atoms with E-state index < -0.39 is 0 Å². The molecule has 2 atom stereocenters. The van der Waals surface area contributed by atoms with Crippen LogP contribution in [0.2, 0.25) is 0 Å². The van der Waals surface area contributed by atoms with Crippen molar-refractivity contribution in [1.82, 2.24) is 5.32 Å². The molecule has 0 heterocycles. The minimum absolute atomic E-state index is 0.782. The van der Waals surface area contributed by atoms with Gasteiger partial charge in [-0.25, -0.2) is 0 Å². The molecule has 1 nitrogen and oxygen atoms in total. The SMILES string of the molecule is CC(C)CCC1CCCCCC1CNCC(C)C. The molecule has 2 unspecified atom stereocenters. The first-order valence-electron chi connectivity index (χ1n) is 8.30. The Balaban J connectivity index is 2.36. The highest BCUT2D eigenvalue weighted by molar-refractivity contribution is 4.76. The van der Waals surface area contributed by atoms with Crippen LogP contribution in [0.15, 0.2) is 0 Å². The molecule has 1 aliphatic rings. The molecule has 0 saturated heterocycles. The Kier molecular flexibility index (Phi) is 7.97. The zero-order valence-corrected chi connectivity index (χ0v) is 13.2. The Morgan fingerprint density at radius 2 is 1.56 bits per heavy atom. The molecule has 0 spiro atoms. The van der Waals surface area contributed by atoms with Gasteiger partial charge in [-0.15, -0.1) is 0 Å². The van der Waals surface area contributed by atoms with Crippen molar-refractivity contribution >= 4 is 0 Å². The standard InChI is InChI=1S/C17H35N/c1-14(2)10-11-16-8-6-5-7-9-17(16)13-18-12-15(3)4/h14-18H,5-13H2,1-4H3. The van der Waals surface area contributed by atoms with Crippen LogP contribution in [0.5, 0.6) is 0 Å². The first-order valence-corrected chi connectivity index (χ1v) is 8.30. The summed E-state index contributed by atoms with van der Waals surface area (Å²) in [6.07, 6.45) is 10.3. The van der Waals surface area contributed by atoms with Crippen molar-refractivity contribution in [3.63, 3.8) is 0 Å². The fraction of sp³-hybridized carbons (Fsp3) is 1.00. The molecule has 108 valence electrons. The minimum atomic E-state index is 0.782. The van der Waals surface area contributed by atoms with Gasteiger partial charge >= 0.3 is 0 Å². The molecule has 0 amide bonds. The number of hydrogen-bond donors (Lipinski definition) is 1. The van der Waals surface area contributed by atoms with E-state index in [9.17, 15) is 0 Å². The summed E-state index contributed by atoms with van der Waals surface area (Å²) in [6.45, 7) is 11.8. The summed E-state index contributed by atoms with van der Waals surface area (Å²) < 4.78 is 0. The lowest BCUT2D eigenvalue weighted by molar-refractivity contribution is 0.265. The summed E-state index contributed by atoms with van der Waals surface area (Å²) in [5.41, 5.74) is 0. The molecule has 1 heteroatoms. The van der Waals surface area contributed by atoms with Crippen LogP contribution in [0.1, 0.15) is 72.6 Å². The first kappa shape index (κ1) is 16.0. The van der Waals surface area contributed by atoms with E-state index in [4.69, 9.17) is 0 Å². The maximum Gasteiger partial charge on any atom is -0.00178 e. The van der Waals surface area contributed by atoms with E-state index in [2.05, 4.69) is 33.0 Å². The summed E-state index contributed by atoms with van der Waals surface area (Å²) in [6, 6.07) is 0. The molecular formula is C17H35N. The van der Waals surface area contributed by atoms with Gasteiger partial charge in [0.05, 0.1) is 0 Å². The third-order valence-electron chi connectivity index (χ3n) is 4.39. The van der Waals surface area contributed by atoms with E-state index >= 15 is 0 Å². The van der Waals surface area contributed by atoms with Crippen molar-refractivity contribution in [2.24, 2.45) is 23.7 Å². The molecule has 1 fully saturated rings. The largest absolute Gasteiger partial charge is 0.316 e. The van der Waals surface area contributed by atoms with Crippen molar-refractivity contribution < 1.29 is 0 Å². The molecule has 1 rings (SSSR count). The summed E-state index contributed by atoms with van der Waals surface area (Å²) >= 11 is 0. The molecule has 1 N–H and O–H groups in total. The van der Waals surface area contributed by atoms with Gasteiger partial charge in [-0.3, -0.25) is 0 Å². The Hall–Kier alpha value is -0.0400. The van der Waals surface area contributed by atoms with E-state index in [1.807, 2.05) is 0 Å². The van der Waals surface area contributed by atoms with Crippen LogP contribution in [-0.2, 0) is 0 Å². The fourth-order valence-electron chi connectivity index (χ4n) is 3.21. The van der Waals surface area contributed by atoms with Crippen LogP contribution >= 0.6 is 0 Å². The molecule has 0 aromatic carbocycles. The second-order valence-electron chi connectivity index (χ2n) is 7.18. The molecule has 1 saturated carbocycles. The molecule has 0 aliphatic heterocycles. The second kappa shape index (κ2) is 8.96. The Bertz CT molecular complexity index is 198. The molecule has 0 radical (unpaired) electrons. The van der Waals surface area contributed by atoms with Crippen LogP contribution in [0.25, 0.3) is 0 Å². The highest BCUT2D eigenvalue weighted by Crippen LogP contribution is 2.32. The second-order valence-corrected chi connectivity index (χ2v) is 7.18. The molecule has 0 aromatic rings. The smallest absolute Gasteiger partial charge is 0.00178 e. The van der Waals surface area contributed by atoms with E-state index in [0.717, 1.165) is 23.7 Å². The average Bonchev–Trinajstić information content (AvgIpc) is 2.51. The van der Waals surface area contributed by atoms with E-state index in [0.29, 0.717) is 0 Å². The van der Waals surface area contributed by atoms with Gasteiger partial charge in [0.25, 0.3) is 0 Å². The van der Waals surface area contributed by atoms with Crippen LogP contribution in [0.3, 0.4) is 0 Å². The van der Waals surface area contributed by atoms with E-state index in [1.54, 1.807) is 0 Å². The topological polar surface area (TPSA) is 12.0 Å². The highest BCUT2D eigenvalue weighted by Gasteiger charge is 2.23. The Morgan fingerprint density at radius 3 is 2.17 bits per heavy atom. The lowest BCUT2D eigenvalue weighted by Gasteiger charge is -2.26. The third kappa shape index (κ3) is 6.78. The molecule has 1 aliphatic carbocycles. The van der Waals surface area contributed by atoms with Crippen LogP contribution in [0, 0.1) is 23.7 Å².